The number of phenolic OH excluding ortho intramolecular Hbond substituents is 1. The maximum atomic E-state index is 14.7. The van der Waals surface area contributed by atoms with E-state index in [1.54, 1.807) is 116 Å². The number of nitrogens with one attached hydrogen (secondary N) is 4. The molecule has 6 atom stereocenters. The van der Waals surface area contributed by atoms with Gasteiger partial charge in [-0.25, -0.2) is 14.4 Å². The zero-order chi connectivity index (χ0) is 75.1. The summed E-state index contributed by atoms with van der Waals surface area (Å²) in [7, 11) is 0. The van der Waals surface area contributed by atoms with Crippen molar-refractivity contribution in [1.29, 1.82) is 0 Å². The summed E-state index contributed by atoms with van der Waals surface area (Å²) in [6, 6.07) is 24.0. The number of hydrogen-bond acceptors (Lipinski definition) is 16. The van der Waals surface area contributed by atoms with Crippen molar-refractivity contribution < 1.29 is 70.7 Å². The molecule has 15 N–H and O–H groups in total. The van der Waals surface area contributed by atoms with Crippen molar-refractivity contribution in [1.82, 2.24) is 21.3 Å². The van der Waals surface area contributed by atoms with Gasteiger partial charge in [0.1, 0.15) is 29.3 Å². The Morgan fingerprint density at radius 2 is 1.02 bits per heavy atom. The summed E-state index contributed by atoms with van der Waals surface area (Å²) >= 11 is 3.58. The Bertz CT molecular complexity index is 3330. The van der Waals surface area contributed by atoms with Gasteiger partial charge in [-0.1, -0.05) is 91.0 Å². The number of Topliss-reactive ketones (excluding diaryl/α,β-unsaturated/α-hetero) is 3. The standard InChI is InChI=1S/C47H65N7O9.C21H33N3O4.BS/c1-30-23-36(55)24-31(2)37(30)26-35(28-41(57)39(20-14-22-51-44(49)50)54-46(61)62-29-33-17-10-7-11-18-33)43(59)53-38(19-12-13-21-52-45(60)63-47(3,4)5)40(56)27-34(42(48)58)25-32-15-8-6-9-16-32;1-21(2,3)28-20(27)24-12-8-7-11-17(22)18(25)14-16(19(23)26)13-15-9-5-4-6-10-15;1-2/h6-11,15-18,23-24,34-35,38-39,55H,12-14,19-22,25-29H2,1-5H3,(H2,48,58)(H,52,60)(H,53,59)(H,54,61)(H4,49,50,51);4-6,9-10,16-17H,7-8,11-14,22H2,1-3H3,(H2,23,26)(H,24,27);/t34-,35-,38+,39-;16-,17+;/m11./s1/i21D2,38D;12D2,17D;. The van der Waals surface area contributed by atoms with Crippen LogP contribution in [0, 0.1) is 31.6 Å². The first-order chi connectivity index (χ1) is 46.0. The second-order valence-corrected chi connectivity index (χ2v) is 24.0. The van der Waals surface area contributed by atoms with Crippen LogP contribution < -0.4 is 49.9 Å². The Labute approximate surface area is 562 Å². The van der Waals surface area contributed by atoms with Crippen LogP contribution in [0.25, 0.3) is 0 Å². The molecule has 0 aliphatic heterocycles. The number of carbonyl (C=O) groups excluding carboxylic acids is 9. The summed E-state index contributed by atoms with van der Waals surface area (Å²) < 4.78 is 65.9. The van der Waals surface area contributed by atoms with Crippen LogP contribution in [0.3, 0.4) is 0 Å². The number of aliphatic imine (C=N–C) groups is 1. The molecule has 0 aromatic heterocycles. The topological polar surface area (TPSA) is 392 Å². The minimum absolute atomic E-state index is 0.0267. The number of primary amides is 2. The number of guanidine groups is 1. The molecule has 0 aliphatic carbocycles. The van der Waals surface area contributed by atoms with Crippen LogP contribution in [0.4, 0.5) is 14.4 Å². The molecule has 93 heavy (non-hydrogen) atoms. The second-order valence-electron chi connectivity index (χ2n) is 24.0. The second kappa shape index (κ2) is 42.5. The number of aryl methyl sites for hydroxylation is 2. The van der Waals surface area contributed by atoms with Gasteiger partial charge in [-0.05, 0) is 172 Å². The molecule has 507 valence electrons. The summed E-state index contributed by atoms with van der Waals surface area (Å²) in [4.78, 5) is 122. The van der Waals surface area contributed by atoms with E-state index in [-0.39, 0.29) is 89.1 Å². The van der Waals surface area contributed by atoms with E-state index in [9.17, 15) is 49.6 Å². The number of ether oxygens (including phenoxy) is 3. The third-order valence-corrected chi connectivity index (χ3v) is 13.7. The molecule has 23 nitrogen and oxygen atoms in total. The molecule has 1 radical (unpaired) electrons. The Hall–Kier alpha value is -8.58. The number of rotatable bonds is 36. The van der Waals surface area contributed by atoms with Gasteiger partial charge in [0.25, 0.3) is 0 Å². The minimum atomic E-state index is -2.50. The summed E-state index contributed by atoms with van der Waals surface area (Å²) in [5.74, 6) is -7.87. The van der Waals surface area contributed by atoms with Crippen molar-refractivity contribution in [2.24, 2.45) is 51.4 Å². The molecule has 25 heteroatoms. The van der Waals surface area contributed by atoms with E-state index in [2.05, 4.69) is 45.0 Å². The van der Waals surface area contributed by atoms with Gasteiger partial charge in [0.15, 0.2) is 17.5 Å². The van der Waals surface area contributed by atoms with E-state index >= 15 is 0 Å². The normalized spacial score (nSPS) is 14.8. The molecule has 4 aromatic rings. The zero-order valence-corrected chi connectivity index (χ0v) is 55.4. The molecule has 4 aromatic carbocycles. The van der Waals surface area contributed by atoms with Gasteiger partial charge in [-0.15, -0.1) is 0 Å². The third kappa shape index (κ3) is 35.2. The van der Waals surface area contributed by atoms with Crippen LogP contribution >= 0.6 is 12.1 Å². The van der Waals surface area contributed by atoms with Crippen molar-refractivity contribution >= 4 is 78.1 Å². The first-order valence-corrected chi connectivity index (χ1v) is 30.9. The van der Waals surface area contributed by atoms with Gasteiger partial charge in [0.05, 0.1) is 20.8 Å². The van der Waals surface area contributed by atoms with Gasteiger partial charge in [0.2, 0.25) is 17.7 Å². The van der Waals surface area contributed by atoms with Crippen LogP contribution in [0.1, 0.15) is 154 Å². The number of aromatic hydroxyl groups is 1. The number of benzene rings is 4. The molecular weight excluding hydrogens is 1210 g/mol. The van der Waals surface area contributed by atoms with Gasteiger partial charge < -0.3 is 69.3 Å². The number of carbonyl (C=O) groups is 9. The van der Waals surface area contributed by atoms with E-state index < -0.39 is 139 Å². The van der Waals surface area contributed by atoms with Gasteiger partial charge in [-0.3, -0.25) is 33.8 Å². The van der Waals surface area contributed by atoms with Crippen molar-refractivity contribution in [3.05, 3.63) is 137 Å². The number of amides is 6. The first-order valence-electron chi connectivity index (χ1n) is 33.4. The molecule has 0 saturated carbocycles. The van der Waals surface area contributed by atoms with Crippen molar-refractivity contribution in [2.75, 3.05) is 19.5 Å². The van der Waals surface area contributed by atoms with Gasteiger partial charge in [-0.2, -0.15) is 0 Å². The molecule has 0 heterocycles. The Morgan fingerprint density at radius 3 is 1.47 bits per heavy atom. The molecular formula is C68H98BN10O13S. The summed E-state index contributed by atoms with van der Waals surface area (Å²) in [6.07, 6.45) is -5.06. The number of nitrogens with zero attached hydrogens (tertiary/aromatic N) is 1. The van der Waals surface area contributed by atoms with Crippen molar-refractivity contribution in [3.8, 4) is 5.75 Å². The monoisotopic (exact) mass is 1310 g/mol. The average Bonchev–Trinajstić information content (AvgIpc) is 0.820. The van der Waals surface area contributed by atoms with E-state index in [4.69, 9.17) is 49.7 Å². The van der Waals surface area contributed by atoms with Gasteiger partial charge in [0, 0.05) is 62.0 Å². The third-order valence-electron chi connectivity index (χ3n) is 13.7. The number of alkyl carbamates (subject to hydrolysis) is 3. The number of ketones is 3. The number of phenols is 1. The Balaban J connectivity index is 0.000000842. The van der Waals surface area contributed by atoms with Crippen LogP contribution in [0.5, 0.6) is 5.75 Å². The fraction of sp³-hybridized carbons (Fsp3) is 0.500. The average molecular weight is 1310 g/mol. The van der Waals surface area contributed by atoms with Crippen molar-refractivity contribution in [3.63, 3.8) is 0 Å². The van der Waals surface area contributed by atoms with Crippen LogP contribution in [0.2, 0.25) is 0 Å². The molecule has 6 amide bonds. The van der Waals surface area contributed by atoms with E-state index in [0.29, 0.717) is 27.8 Å². The molecule has 0 bridgehead atoms. The van der Waals surface area contributed by atoms with E-state index in [0.717, 1.165) is 5.56 Å². The van der Waals surface area contributed by atoms with Crippen LogP contribution in [-0.4, -0.2) is 120 Å². The molecule has 0 saturated heterocycles. The van der Waals surface area contributed by atoms with Gasteiger partial charge >= 0.3 is 37.1 Å². The molecule has 0 aliphatic rings. The molecule has 0 spiro atoms. The summed E-state index contributed by atoms with van der Waals surface area (Å²) in [5, 5.41) is 19.7. The quantitative estimate of drug-likeness (QED) is 0.00691. The predicted octanol–water partition coefficient (Wildman–Crippen LogP) is 7.54. The predicted molar refractivity (Wildman–Crippen MR) is 362 cm³/mol. The fourth-order valence-corrected chi connectivity index (χ4v) is 9.21. The molecule has 0 fully saturated rings. The number of nitrogens with two attached hydrogens (primary N) is 5. The zero-order valence-electron chi connectivity index (χ0n) is 60.6. The van der Waals surface area contributed by atoms with Crippen molar-refractivity contribution in [2.45, 2.75) is 181 Å². The fourth-order valence-electron chi connectivity index (χ4n) is 9.21. The maximum absolute atomic E-state index is 14.7. The SMILES string of the molecule is [2H]C([2H])(CCC[C@]([2H])(N)C(=O)C[C@@H](Cc1ccccc1)C(N)=O)NC(=O)OC(C)(C)C.[2H]C([2H])(CCC[C@]([2H])(NC(=O)[C@@H](CC(=O)[C@@H](CCCN=C(N)N)NC(=O)OCc1ccccc1)Cc1c(C)cc(O)cc1C)C(=O)C[C@@H](Cc1ccccc1)C(N)=O)NC(=O)OC(C)(C)C.[B]=S. The van der Waals surface area contributed by atoms with E-state index in [1.807, 2.05) is 30.3 Å². The van der Waals surface area contributed by atoms with E-state index in [1.165, 1.54) is 12.1 Å². The van der Waals surface area contributed by atoms with Crippen LogP contribution in [-0.2, 0) is 68.8 Å². The number of hydrogen-bond donors (Lipinski definition) is 10. The Morgan fingerprint density at radius 1 is 0.581 bits per heavy atom. The first kappa shape index (κ1) is 70.3. The summed E-state index contributed by atoms with van der Waals surface area (Å²) in [5.41, 5.74) is 30.4. The van der Waals surface area contributed by atoms with Crippen LogP contribution in [0.15, 0.2) is 108 Å². The molecule has 0 unspecified atom stereocenters. The summed E-state index contributed by atoms with van der Waals surface area (Å²) in [6.45, 7) is 12.9. The molecule has 4 rings (SSSR count). The Kier molecular flexibility index (Phi) is 32.2.